The maximum atomic E-state index is 5.11. The smallest absolute Gasteiger partial charge is 0.164 e. The van der Waals surface area contributed by atoms with E-state index in [-0.39, 0.29) is 0 Å². The van der Waals surface area contributed by atoms with E-state index < -0.39 is 0 Å². The minimum absolute atomic E-state index is 0.619. The average Bonchev–Trinajstić information content (AvgIpc) is 3.68. The van der Waals surface area contributed by atoms with E-state index >= 15 is 0 Å². The van der Waals surface area contributed by atoms with Gasteiger partial charge >= 0.3 is 0 Å². The number of nitrogens with zero attached hydrogens (tertiary/aromatic N) is 4. The van der Waals surface area contributed by atoms with Crippen LogP contribution in [0.15, 0.2) is 231 Å². The van der Waals surface area contributed by atoms with E-state index in [1.165, 1.54) is 44.2 Å². The third-order valence-electron chi connectivity index (χ3n) is 11.5. The zero-order chi connectivity index (χ0) is 40.5. The lowest BCUT2D eigenvalue weighted by atomic mass is 10.0. The van der Waals surface area contributed by atoms with Crippen molar-refractivity contribution in [3.8, 4) is 84.4 Å². The maximum Gasteiger partial charge on any atom is 0.164 e. The van der Waals surface area contributed by atoms with Crippen molar-refractivity contribution in [3.05, 3.63) is 231 Å². The molecule has 0 bridgehead atoms. The van der Waals surface area contributed by atoms with Crippen molar-refractivity contribution in [2.45, 2.75) is 0 Å². The summed E-state index contributed by atoms with van der Waals surface area (Å²) in [4.78, 5) is 15.3. The molecule has 0 spiro atoms. The molecule has 0 N–H and O–H groups in total. The van der Waals surface area contributed by atoms with Gasteiger partial charge in [0.05, 0.1) is 11.0 Å². The third-order valence-corrected chi connectivity index (χ3v) is 11.5. The number of aromatic nitrogens is 4. The van der Waals surface area contributed by atoms with Gasteiger partial charge in [-0.15, -0.1) is 0 Å². The van der Waals surface area contributed by atoms with E-state index in [2.05, 4.69) is 223 Å². The average molecular weight is 779 g/mol. The fourth-order valence-electron chi connectivity index (χ4n) is 8.33. The van der Waals surface area contributed by atoms with Gasteiger partial charge in [-0.2, -0.15) is 0 Å². The predicted octanol–water partition coefficient (Wildman–Crippen LogP) is 14.6. The standard InChI is InChI=1S/C57H38N4/c1-5-13-39(14-6-1)43-21-25-45(26-22-43)55-58-56(46-27-23-44(24-28-46)40-15-7-2-8-16-40)60-57(59-55)47-29-33-50(34-30-47)61-53-35-31-48(41-17-9-3-10-18-41)37-51(53)52-38-49(32-36-54(52)61)42-19-11-4-12-20-42/h1-38H. The van der Waals surface area contributed by atoms with Crippen molar-refractivity contribution in [2.24, 2.45) is 0 Å². The molecule has 61 heavy (non-hydrogen) atoms. The summed E-state index contributed by atoms with van der Waals surface area (Å²) in [6.45, 7) is 0. The van der Waals surface area contributed by atoms with Gasteiger partial charge in [0.2, 0.25) is 0 Å². The molecule has 0 atom stereocenters. The van der Waals surface area contributed by atoms with E-state index in [0.29, 0.717) is 17.5 Å². The van der Waals surface area contributed by atoms with Crippen LogP contribution in [-0.4, -0.2) is 19.5 Å². The van der Waals surface area contributed by atoms with Crippen LogP contribution >= 0.6 is 0 Å². The lowest BCUT2D eigenvalue weighted by molar-refractivity contribution is 1.07. The SMILES string of the molecule is c1ccc(-c2ccc(-c3nc(-c4ccc(-c5ccccc5)cc4)nc(-c4ccc(-n5c6ccc(-c7ccccc7)cc6c6cc(-c7ccccc7)ccc65)cc4)n3)cc2)cc1. The first kappa shape index (κ1) is 35.9. The van der Waals surface area contributed by atoms with Gasteiger partial charge < -0.3 is 4.57 Å². The Morgan fingerprint density at radius 1 is 0.230 bits per heavy atom. The van der Waals surface area contributed by atoms with Crippen LogP contribution in [0.25, 0.3) is 106 Å². The first-order valence-corrected chi connectivity index (χ1v) is 20.6. The van der Waals surface area contributed by atoms with E-state index in [4.69, 9.17) is 15.0 Å². The Labute approximate surface area is 354 Å². The van der Waals surface area contributed by atoms with E-state index in [1.807, 2.05) is 12.1 Å². The summed E-state index contributed by atoms with van der Waals surface area (Å²) in [5.74, 6) is 1.87. The molecule has 0 aliphatic carbocycles. The van der Waals surface area contributed by atoms with E-state index in [0.717, 1.165) is 44.5 Å². The van der Waals surface area contributed by atoms with Crippen molar-refractivity contribution in [2.75, 3.05) is 0 Å². The minimum Gasteiger partial charge on any atom is -0.309 e. The Hall–Kier alpha value is -8.21. The van der Waals surface area contributed by atoms with Crippen LogP contribution in [0.4, 0.5) is 0 Å². The second-order valence-electron chi connectivity index (χ2n) is 15.3. The van der Waals surface area contributed by atoms with Crippen molar-refractivity contribution >= 4 is 21.8 Å². The molecule has 0 saturated heterocycles. The highest BCUT2D eigenvalue weighted by molar-refractivity contribution is 6.11. The Kier molecular flexibility index (Phi) is 9.14. The quantitative estimate of drug-likeness (QED) is 0.154. The summed E-state index contributed by atoms with van der Waals surface area (Å²) < 4.78 is 2.37. The summed E-state index contributed by atoms with van der Waals surface area (Å²) in [6, 6.07) is 81.2. The minimum atomic E-state index is 0.619. The lowest BCUT2D eigenvalue weighted by Gasteiger charge is -2.12. The van der Waals surface area contributed by atoms with Gasteiger partial charge in [-0.05, 0) is 93.0 Å². The second kappa shape index (κ2) is 15.5. The first-order valence-electron chi connectivity index (χ1n) is 20.6. The van der Waals surface area contributed by atoms with Gasteiger partial charge in [-0.3, -0.25) is 0 Å². The zero-order valence-corrected chi connectivity index (χ0v) is 33.2. The number of benzene rings is 9. The van der Waals surface area contributed by atoms with Crippen LogP contribution in [0.3, 0.4) is 0 Å². The van der Waals surface area contributed by atoms with Crippen LogP contribution in [0.1, 0.15) is 0 Å². The number of rotatable bonds is 8. The highest BCUT2D eigenvalue weighted by Gasteiger charge is 2.17. The molecule has 286 valence electrons. The van der Waals surface area contributed by atoms with Crippen molar-refractivity contribution in [3.63, 3.8) is 0 Å². The monoisotopic (exact) mass is 778 g/mol. The molecule has 0 fully saturated rings. The fourth-order valence-corrected chi connectivity index (χ4v) is 8.33. The predicted molar refractivity (Wildman–Crippen MR) is 252 cm³/mol. The molecule has 9 aromatic carbocycles. The molecule has 2 heterocycles. The molecule has 2 aromatic heterocycles. The second-order valence-corrected chi connectivity index (χ2v) is 15.3. The fraction of sp³-hybridized carbons (Fsp3) is 0. The highest BCUT2D eigenvalue weighted by Crippen LogP contribution is 2.38. The van der Waals surface area contributed by atoms with Crippen molar-refractivity contribution < 1.29 is 0 Å². The van der Waals surface area contributed by atoms with E-state index in [1.54, 1.807) is 0 Å². The van der Waals surface area contributed by atoms with Gasteiger partial charge in [0, 0.05) is 33.2 Å². The van der Waals surface area contributed by atoms with Gasteiger partial charge in [-0.1, -0.05) is 182 Å². The van der Waals surface area contributed by atoms with Crippen molar-refractivity contribution in [1.82, 2.24) is 19.5 Å². The molecule has 0 saturated carbocycles. The summed E-state index contributed by atoms with van der Waals surface area (Å²) in [5.41, 5.74) is 15.5. The molecule has 0 radical (unpaired) electrons. The molecule has 0 aliphatic heterocycles. The molecule has 11 aromatic rings. The van der Waals surface area contributed by atoms with Gasteiger partial charge in [0.25, 0.3) is 0 Å². The molecule has 0 unspecified atom stereocenters. The Balaban J connectivity index is 1.01. The summed E-state index contributed by atoms with van der Waals surface area (Å²) in [6.07, 6.45) is 0. The number of hydrogen-bond acceptors (Lipinski definition) is 3. The normalized spacial score (nSPS) is 11.3. The Morgan fingerprint density at radius 2 is 0.492 bits per heavy atom. The maximum absolute atomic E-state index is 5.11. The number of fused-ring (bicyclic) bond motifs is 3. The lowest BCUT2D eigenvalue weighted by Crippen LogP contribution is -2.00. The highest BCUT2D eigenvalue weighted by atomic mass is 15.0. The summed E-state index contributed by atoms with van der Waals surface area (Å²) in [5, 5.41) is 2.42. The Bertz CT molecular complexity index is 3090. The molecular formula is C57H38N4. The molecule has 4 nitrogen and oxygen atoms in total. The van der Waals surface area contributed by atoms with E-state index in [9.17, 15) is 0 Å². The summed E-state index contributed by atoms with van der Waals surface area (Å²) >= 11 is 0. The zero-order valence-electron chi connectivity index (χ0n) is 33.2. The van der Waals surface area contributed by atoms with Crippen molar-refractivity contribution in [1.29, 1.82) is 0 Å². The molecule has 4 heteroatoms. The van der Waals surface area contributed by atoms with Gasteiger partial charge in [-0.25, -0.2) is 15.0 Å². The topological polar surface area (TPSA) is 43.6 Å². The molecular weight excluding hydrogens is 741 g/mol. The summed E-state index contributed by atoms with van der Waals surface area (Å²) in [7, 11) is 0. The Morgan fingerprint density at radius 3 is 0.836 bits per heavy atom. The molecule has 0 amide bonds. The number of hydrogen-bond donors (Lipinski definition) is 0. The molecule has 0 aliphatic rings. The van der Waals surface area contributed by atoms with Gasteiger partial charge in [0.1, 0.15) is 0 Å². The van der Waals surface area contributed by atoms with Crippen LogP contribution in [0.5, 0.6) is 0 Å². The largest absolute Gasteiger partial charge is 0.309 e. The molecule has 11 rings (SSSR count). The third kappa shape index (κ3) is 6.96. The van der Waals surface area contributed by atoms with Crippen LogP contribution < -0.4 is 0 Å². The van der Waals surface area contributed by atoms with Gasteiger partial charge in [0.15, 0.2) is 17.5 Å². The van der Waals surface area contributed by atoms with Crippen LogP contribution in [-0.2, 0) is 0 Å². The van der Waals surface area contributed by atoms with Crippen LogP contribution in [0, 0.1) is 0 Å². The van der Waals surface area contributed by atoms with Crippen LogP contribution in [0.2, 0.25) is 0 Å². The first-order chi connectivity index (χ1) is 30.2.